The fraction of sp³-hybridized carbons (Fsp3) is 0.562. The van der Waals surface area contributed by atoms with E-state index in [0.29, 0.717) is 23.6 Å². The first kappa shape index (κ1) is 14.5. The van der Waals surface area contributed by atoms with Crippen molar-refractivity contribution >= 4 is 17.2 Å². The van der Waals surface area contributed by atoms with Crippen LogP contribution in [0.5, 0.6) is 0 Å². The molecule has 2 rings (SSSR count). The van der Waals surface area contributed by atoms with Gasteiger partial charge in [0.1, 0.15) is 4.99 Å². The quantitative estimate of drug-likeness (QED) is 0.831. The molecule has 1 fully saturated rings. The Balaban J connectivity index is 2.00. The number of hydrogen-bond acceptors (Lipinski definition) is 2. The minimum absolute atomic E-state index is 0.401. The minimum Gasteiger partial charge on any atom is -0.389 e. The molecule has 0 aromatic heterocycles. The molecule has 2 atom stereocenters. The van der Waals surface area contributed by atoms with E-state index in [1.807, 2.05) is 18.2 Å². The van der Waals surface area contributed by atoms with Crippen molar-refractivity contribution < 1.29 is 4.74 Å². The van der Waals surface area contributed by atoms with E-state index < -0.39 is 0 Å². The molecule has 0 saturated heterocycles. The number of thiocarbonyl (C=S) groups is 1. The third kappa shape index (κ3) is 3.77. The molecule has 0 heterocycles. The van der Waals surface area contributed by atoms with Gasteiger partial charge in [-0.05, 0) is 24.3 Å². The zero-order valence-electron chi connectivity index (χ0n) is 11.6. The standard InChI is InChI=1S/C16H23NOS/c1-2-12-7-4-6-10-15(12)18-11-13-8-3-5-9-14(13)16(17)19/h3,5,8-9,12,15H,2,4,6-7,10-11H2,1H3,(H2,17,19). The van der Waals surface area contributed by atoms with Crippen LogP contribution in [0.3, 0.4) is 0 Å². The highest BCUT2D eigenvalue weighted by atomic mass is 32.1. The van der Waals surface area contributed by atoms with E-state index in [9.17, 15) is 0 Å². The van der Waals surface area contributed by atoms with Crippen molar-refractivity contribution in [3.8, 4) is 0 Å². The average molecular weight is 277 g/mol. The highest BCUT2D eigenvalue weighted by Crippen LogP contribution is 2.30. The Morgan fingerprint density at radius 1 is 1.32 bits per heavy atom. The third-order valence-electron chi connectivity index (χ3n) is 4.10. The summed E-state index contributed by atoms with van der Waals surface area (Å²) in [5.41, 5.74) is 7.81. The predicted octanol–water partition coefficient (Wildman–Crippen LogP) is 3.81. The molecule has 0 amide bonds. The molecule has 0 radical (unpaired) electrons. The summed E-state index contributed by atoms with van der Waals surface area (Å²) < 4.78 is 6.15. The van der Waals surface area contributed by atoms with Gasteiger partial charge in [-0.15, -0.1) is 0 Å². The van der Waals surface area contributed by atoms with Gasteiger partial charge in [-0.3, -0.25) is 0 Å². The Morgan fingerprint density at radius 3 is 2.79 bits per heavy atom. The summed E-state index contributed by atoms with van der Waals surface area (Å²) in [5.74, 6) is 0.714. The van der Waals surface area contributed by atoms with Crippen LogP contribution >= 0.6 is 12.2 Å². The molecular weight excluding hydrogens is 254 g/mol. The van der Waals surface area contributed by atoms with Crippen LogP contribution < -0.4 is 5.73 Å². The topological polar surface area (TPSA) is 35.2 Å². The number of nitrogens with two attached hydrogens (primary N) is 1. The van der Waals surface area contributed by atoms with Crippen molar-refractivity contribution in [1.82, 2.24) is 0 Å². The molecule has 2 nitrogen and oxygen atoms in total. The van der Waals surface area contributed by atoms with E-state index in [4.69, 9.17) is 22.7 Å². The molecule has 1 saturated carbocycles. The second-order valence-electron chi connectivity index (χ2n) is 5.32. The van der Waals surface area contributed by atoms with Crippen molar-refractivity contribution in [3.05, 3.63) is 35.4 Å². The highest BCUT2D eigenvalue weighted by molar-refractivity contribution is 7.80. The van der Waals surface area contributed by atoms with E-state index in [-0.39, 0.29) is 0 Å². The molecule has 2 unspecified atom stereocenters. The van der Waals surface area contributed by atoms with Gasteiger partial charge in [0, 0.05) is 5.56 Å². The maximum absolute atomic E-state index is 6.15. The van der Waals surface area contributed by atoms with Crippen LogP contribution in [0.15, 0.2) is 24.3 Å². The normalized spacial score (nSPS) is 23.2. The number of benzene rings is 1. The molecular formula is C16H23NOS. The van der Waals surface area contributed by atoms with Gasteiger partial charge in [0.15, 0.2) is 0 Å². The molecule has 0 aliphatic heterocycles. The SMILES string of the molecule is CCC1CCCCC1OCc1ccccc1C(N)=S. The van der Waals surface area contributed by atoms with Crippen molar-refractivity contribution in [2.24, 2.45) is 11.7 Å². The molecule has 1 aromatic carbocycles. The van der Waals surface area contributed by atoms with Gasteiger partial charge in [-0.2, -0.15) is 0 Å². The lowest BCUT2D eigenvalue weighted by Crippen LogP contribution is -2.27. The second-order valence-corrected chi connectivity index (χ2v) is 5.76. The van der Waals surface area contributed by atoms with Crippen LogP contribution in [0.4, 0.5) is 0 Å². The molecule has 1 aliphatic rings. The molecule has 2 N–H and O–H groups in total. The second kappa shape index (κ2) is 7.01. The lowest BCUT2D eigenvalue weighted by atomic mass is 9.85. The molecule has 1 aromatic rings. The molecule has 0 spiro atoms. The largest absolute Gasteiger partial charge is 0.389 e. The van der Waals surface area contributed by atoms with Gasteiger partial charge in [0.25, 0.3) is 0 Å². The van der Waals surface area contributed by atoms with E-state index in [1.54, 1.807) is 0 Å². The van der Waals surface area contributed by atoms with Crippen LogP contribution in [0.25, 0.3) is 0 Å². The summed E-state index contributed by atoms with van der Waals surface area (Å²) in [4.78, 5) is 0.454. The molecule has 104 valence electrons. The Labute approximate surface area is 121 Å². The van der Waals surface area contributed by atoms with Gasteiger partial charge in [-0.1, -0.05) is 62.7 Å². The van der Waals surface area contributed by atoms with Crippen molar-refractivity contribution in [1.29, 1.82) is 0 Å². The molecule has 0 bridgehead atoms. The van der Waals surface area contributed by atoms with Crippen LogP contribution in [-0.4, -0.2) is 11.1 Å². The monoisotopic (exact) mass is 277 g/mol. The summed E-state index contributed by atoms with van der Waals surface area (Å²) in [6.45, 7) is 2.88. The maximum atomic E-state index is 6.15. The van der Waals surface area contributed by atoms with E-state index in [1.165, 1.54) is 32.1 Å². The average Bonchev–Trinajstić information content (AvgIpc) is 2.45. The predicted molar refractivity (Wildman–Crippen MR) is 83.2 cm³/mol. The number of ether oxygens (including phenoxy) is 1. The summed E-state index contributed by atoms with van der Waals surface area (Å²) >= 11 is 5.09. The van der Waals surface area contributed by atoms with Crippen LogP contribution in [0.2, 0.25) is 0 Å². The lowest BCUT2D eigenvalue weighted by Gasteiger charge is -2.31. The molecule has 19 heavy (non-hydrogen) atoms. The fourth-order valence-electron chi connectivity index (χ4n) is 2.94. The Hall–Kier alpha value is -0.930. The smallest absolute Gasteiger partial charge is 0.104 e. The highest BCUT2D eigenvalue weighted by Gasteiger charge is 2.24. The summed E-state index contributed by atoms with van der Waals surface area (Å²) in [6.07, 6.45) is 6.74. The van der Waals surface area contributed by atoms with Crippen LogP contribution in [0.1, 0.15) is 50.2 Å². The van der Waals surface area contributed by atoms with Gasteiger partial charge >= 0.3 is 0 Å². The zero-order valence-corrected chi connectivity index (χ0v) is 12.4. The van der Waals surface area contributed by atoms with E-state index in [2.05, 4.69) is 13.0 Å². The number of hydrogen-bond donors (Lipinski definition) is 1. The van der Waals surface area contributed by atoms with Gasteiger partial charge in [0.05, 0.1) is 12.7 Å². The van der Waals surface area contributed by atoms with Crippen LogP contribution in [0, 0.1) is 5.92 Å². The summed E-state index contributed by atoms with van der Waals surface area (Å²) in [7, 11) is 0. The van der Waals surface area contributed by atoms with Crippen LogP contribution in [-0.2, 0) is 11.3 Å². The number of rotatable bonds is 5. The lowest BCUT2D eigenvalue weighted by molar-refractivity contribution is -0.0222. The summed E-state index contributed by atoms with van der Waals surface area (Å²) in [5, 5.41) is 0. The van der Waals surface area contributed by atoms with Crippen molar-refractivity contribution in [2.75, 3.05) is 0 Å². The van der Waals surface area contributed by atoms with E-state index in [0.717, 1.165) is 11.1 Å². The first-order chi connectivity index (χ1) is 9.22. The first-order valence-electron chi connectivity index (χ1n) is 7.21. The van der Waals surface area contributed by atoms with Gasteiger partial charge < -0.3 is 10.5 Å². The van der Waals surface area contributed by atoms with Gasteiger partial charge in [-0.25, -0.2) is 0 Å². The van der Waals surface area contributed by atoms with Gasteiger partial charge in [0.2, 0.25) is 0 Å². The first-order valence-corrected chi connectivity index (χ1v) is 7.62. The minimum atomic E-state index is 0.401. The Bertz CT molecular complexity index is 433. The summed E-state index contributed by atoms with van der Waals surface area (Å²) in [6, 6.07) is 8.00. The Morgan fingerprint density at radius 2 is 2.05 bits per heavy atom. The fourth-order valence-corrected chi connectivity index (χ4v) is 3.14. The zero-order chi connectivity index (χ0) is 13.7. The Kier molecular flexibility index (Phi) is 5.34. The molecule has 1 aliphatic carbocycles. The maximum Gasteiger partial charge on any atom is 0.104 e. The van der Waals surface area contributed by atoms with Crippen molar-refractivity contribution in [2.45, 2.75) is 51.7 Å². The van der Waals surface area contributed by atoms with E-state index >= 15 is 0 Å². The third-order valence-corrected chi connectivity index (χ3v) is 4.32. The van der Waals surface area contributed by atoms with Crippen molar-refractivity contribution in [3.63, 3.8) is 0 Å². The molecule has 3 heteroatoms.